The lowest BCUT2D eigenvalue weighted by molar-refractivity contribution is 0.102. The zero-order chi connectivity index (χ0) is 26.4. The molecule has 192 valence electrons. The fourth-order valence-corrected chi connectivity index (χ4v) is 5.12. The number of aryl methyl sites for hydroxylation is 1. The van der Waals surface area contributed by atoms with Crippen LogP contribution < -0.4 is 15.0 Å². The van der Waals surface area contributed by atoms with Crippen molar-refractivity contribution in [2.45, 2.75) is 39.8 Å². The second-order valence-corrected chi connectivity index (χ2v) is 9.89. The van der Waals surface area contributed by atoms with Gasteiger partial charge in [-0.3, -0.25) is 9.89 Å². The topological polar surface area (TPSA) is 100 Å². The number of nitrogens with one attached hydrogen (secondary N) is 2. The van der Waals surface area contributed by atoms with Gasteiger partial charge in [0.1, 0.15) is 11.6 Å². The highest BCUT2D eigenvalue weighted by atomic mass is 16.5. The second kappa shape index (κ2) is 9.33. The van der Waals surface area contributed by atoms with Crippen molar-refractivity contribution in [2.24, 2.45) is 0 Å². The predicted octanol–water partition coefficient (Wildman–Crippen LogP) is 5.33. The summed E-state index contributed by atoms with van der Waals surface area (Å²) < 4.78 is 7.07. The van der Waals surface area contributed by atoms with Gasteiger partial charge in [-0.25, -0.2) is 9.50 Å². The molecule has 9 heteroatoms. The third kappa shape index (κ3) is 4.06. The van der Waals surface area contributed by atoms with Crippen LogP contribution in [-0.2, 0) is 13.1 Å². The number of H-pyrrole nitrogens is 1. The average Bonchev–Trinajstić information content (AvgIpc) is 3.67. The number of hydrogen-bond acceptors (Lipinski definition) is 6. The van der Waals surface area contributed by atoms with Crippen molar-refractivity contribution >= 4 is 23.1 Å². The lowest BCUT2D eigenvalue weighted by Gasteiger charge is -2.18. The van der Waals surface area contributed by atoms with Gasteiger partial charge in [0.05, 0.1) is 19.0 Å². The van der Waals surface area contributed by atoms with Crippen molar-refractivity contribution in [3.05, 3.63) is 88.9 Å². The van der Waals surface area contributed by atoms with E-state index in [0.717, 1.165) is 35.7 Å². The monoisotopic (exact) mass is 507 g/mol. The number of aromatic nitrogens is 5. The number of carbonyl (C=O) groups is 1. The van der Waals surface area contributed by atoms with Gasteiger partial charge in [0.15, 0.2) is 11.3 Å². The summed E-state index contributed by atoms with van der Waals surface area (Å²) in [6.45, 7) is 7.82. The standard InChI is InChI=1S/C29H29N7O2/c1-17(2)26-27(29(37)32-21-9-6-10-22(11-21)38-4)34-36-24(20-13-30-31-14-20)12-25(33-28(26)36)35-15-19-8-5-7-18(3)23(19)16-35/h5-14,17H,15-16H2,1-4H3,(H,30,31)(H,32,37). The summed E-state index contributed by atoms with van der Waals surface area (Å²) in [5.41, 5.74) is 8.06. The highest BCUT2D eigenvalue weighted by molar-refractivity contribution is 6.05. The molecular formula is C29H29N7O2. The highest BCUT2D eigenvalue weighted by Crippen LogP contribution is 2.34. The molecule has 1 amide bonds. The fourth-order valence-electron chi connectivity index (χ4n) is 5.12. The van der Waals surface area contributed by atoms with E-state index >= 15 is 0 Å². The van der Waals surface area contributed by atoms with Crippen molar-refractivity contribution in [3.63, 3.8) is 0 Å². The minimum atomic E-state index is -0.295. The Morgan fingerprint density at radius 2 is 1.97 bits per heavy atom. The van der Waals surface area contributed by atoms with E-state index in [2.05, 4.69) is 59.4 Å². The Morgan fingerprint density at radius 1 is 1.13 bits per heavy atom. The summed E-state index contributed by atoms with van der Waals surface area (Å²) in [4.78, 5) is 20.9. The quantitative estimate of drug-likeness (QED) is 0.322. The maximum Gasteiger partial charge on any atom is 0.276 e. The first-order valence-corrected chi connectivity index (χ1v) is 12.6. The fraction of sp³-hybridized carbons (Fsp3) is 0.241. The predicted molar refractivity (Wildman–Crippen MR) is 147 cm³/mol. The summed E-state index contributed by atoms with van der Waals surface area (Å²) in [7, 11) is 1.60. The van der Waals surface area contributed by atoms with Gasteiger partial charge in [0.25, 0.3) is 5.91 Å². The van der Waals surface area contributed by atoms with Crippen molar-refractivity contribution in [1.82, 2.24) is 24.8 Å². The minimum Gasteiger partial charge on any atom is -0.497 e. The molecule has 1 aliphatic heterocycles. The van der Waals surface area contributed by atoms with Crippen LogP contribution in [0, 0.1) is 6.92 Å². The van der Waals surface area contributed by atoms with E-state index in [1.54, 1.807) is 23.9 Å². The smallest absolute Gasteiger partial charge is 0.276 e. The molecule has 0 saturated carbocycles. The summed E-state index contributed by atoms with van der Waals surface area (Å²) in [5, 5.41) is 14.8. The number of carbonyl (C=O) groups excluding carboxylic acids is 1. The van der Waals surface area contributed by atoms with E-state index in [0.29, 0.717) is 22.8 Å². The first-order chi connectivity index (χ1) is 18.4. The van der Waals surface area contributed by atoms with Crippen LogP contribution in [0.5, 0.6) is 5.75 Å². The maximum absolute atomic E-state index is 13.5. The molecule has 4 heterocycles. The number of anilines is 2. The van der Waals surface area contributed by atoms with Crippen LogP contribution in [-0.4, -0.2) is 37.8 Å². The Balaban J connectivity index is 1.48. The van der Waals surface area contributed by atoms with E-state index < -0.39 is 0 Å². The zero-order valence-electron chi connectivity index (χ0n) is 21.8. The third-order valence-corrected chi connectivity index (χ3v) is 7.07. The number of benzene rings is 2. The zero-order valence-corrected chi connectivity index (χ0v) is 21.8. The molecule has 0 bridgehead atoms. The molecule has 0 aliphatic carbocycles. The Hall–Kier alpha value is -4.66. The van der Waals surface area contributed by atoms with Crippen LogP contribution in [0.2, 0.25) is 0 Å². The van der Waals surface area contributed by atoms with Crippen LogP contribution in [0.1, 0.15) is 52.5 Å². The number of nitrogens with zero attached hydrogens (tertiary/aromatic N) is 5. The Labute approximate surface area is 220 Å². The number of fused-ring (bicyclic) bond motifs is 2. The van der Waals surface area contributed by atoms with Crippen LogP contribution in [0.25, 0.3) is 16.9 Å². The largest absolute Gasteiger partial charge is 0.497 e. The number of rotatable bonds is 6. The molecule has 0 atom stereocenters. The Kier molecular flexibility index (Phi) is 5.83. The molecule has 38 heavy (non-hydrogen) atoms. The van der Waals surface area contributed by atoms with E-state index in [1.165, 1.54) is 16.7 Å². The summed E-state index contributed by atoms with van der Waals surface area (Å²) in [5.74, 6) is 1.22. The highest BCUT2D eigenvalue weighted by Gasteiger charge is 2.28. The molecule has 0 unspecified atom stereocenters. The first-order valence-electron chi connectivity index (χ1n) is 12.6. The van der Waals surface area contributed by atoms with E-state index in [-0.39, 0.29) is 11.8 Å². The Bertz CT molecular complexity index is 1650. The van der Waals surface area contributed by atoms with Crippen molar-refractivity contribution < 1.29 is 9.53 Å². The van der Waals surface area contributed by atoms with Gasteiger partial charge >= 0.3 is 0 Å². The third-order valence-electron chi connectivity index (χ3n) is 7.07. The molecule has 0 radical (unpaired) electrons. The molecule has 1 aliphatic rings. The summed E-state index contributed by atoms with van der Waals surface area (Å²) in [6.07, 6.45) is 3.59. The normalized spacial score (nSPS) is 12.8. The lowest BCUT2D eigenvalue weighted by Crippen LogP contribution is -2.17. The number of ether oxygens (including phenoxy) is 1. The number of amides is 1. The van der Waals surface area contributed by atoms with Gasteiger partial charge in [-0.05, 0) is 41.7 Å². The molecule has 0 fully saturated rings. The number of hydrogen-bond donors (Lipinski definition) is 2. The summed E-state index contributed by atoms with van der Waals surface area (Å²) >= 11 is 0. The van der Waals surface area contributed by atoms with Gasteiger partial charge in [0.2, 0.25) is 0 Å². The van der Waals surface area contributed by atoms with Crippen LogP contribution >= 0.6 is 0 Å². The molecule has 2 aromatic carbocycles. The lowest BCUT2D eigenvalue weighted by atomic mass is 10.0. The molecule has 9 nitrogen and oxygen atoms in total. The number of methoxy groups -OCH3 is 1. The molecule has 5 aromatic rings. The molecule has 3 aromatic heterocycles. The summed E-state index contributed by atoms with van der Waals surface area (Å²) in [6, 6.07) is 15.7. The Morgan fingerprint density at radius 3 is 2.71 bits per heavy atom. The molecule has 2 N–H and O–H groups in total. The van der Waals surface area contributed by atoms with E-state index in [4.69, 9.17) is 14.8 Å². The van der Waals surface area contributed by atoms with Crippen LogP contribution in [0.15, 0.2) is 60.9 Å². The maximum atomic E-state index is 13.5. The molecule has 6 rings (SSSR count). The van der Waals surface area contributed by atoms with Crippen molar-refractivity contribution in [3.8, 4) is 17.0 Å². The van der Waals surface area contributed by atoms with Crippen LogP contribution in [0.4, 0.5) is 11.5 Å². The van der Waals surface area contributed by atoms with Gasteiger partial charge in [-0.15, -0.1) is 0 Å². The van der Waals surface area contributed by atoms with Gasteiger partial charge in [0, 0.05) is 48.2 Å². The number of aromatic amines is 1. The average molecular weight is 508 g/mol. The second-order valence-electron chi connectivity index (χ2n) is 9.89. The van der Waals surface area contributed by atoms with Crippen LogP contribution in [0.3, 0.4) is 0 Å². The van der Waals surface area contributed by atoms with Crippen molar-refractivity contribution in [2.75, 3.05) is 17.3 Å². The molecular weight excluding hydrogens is 478 g/mol. The minimum absolute atomic E-state index is 0.0107. The first kappa shape index (κ1) is 23.7. The van der Waals surface area contributed by atoms with Gasteiger partial charge in [-0.1, -0.05) is 38.1 Å². The van der Waals surface area contributed by atoms with Gasteiger partial charge in [-0.2, -0.15) is 10.2 Å². The van der Waals surface area contributed by atoms with Gasteiger partial charge < -0.3 is 15.0 Å². The SMILES string of the molecule is COc1cccc(NC(=O)c2nn3c(-c4cn[nH]c4)cc(N4Cc5cccc(C)c5C4)nc3c2C(C)C)c1. The van der Waals surface area contributed by atoms with Crippen molar-refractivity contribution in [1.29, 1.82) is 0 Å². The molecule has 0 spiro atoms. The van der Waals surface area contributed by atoms with E-state index in [1.807, 2.05) is 30.5 Å². The molecule has 0 saturated heterocycles. The van der Waals surface area contributed by atoms with E-state index in [9.17, 15) is 4.79 Å².